The Morgan fingerprint density at radius 2 is 1.88 bits per heavy atom. The highest BCUT2D eigenvalue weighted by Crippen LogP contribution is 2.14. The third-order valence-corrected chi connectivity index (χ3v) is 3.82. The van der Waals surface area contributed by atoms with Crippen molar-refractivity contribution in [2.24, 2.45) is 0 Å². The van der Waals surface area contributed by atoms with Crippen molar-refractivity contribution >= 4 is 34.8 Å². The van der Waals surface area contributed by atoms with Crippen LogP contribution in [0.1, 0.15) is 16.8 Å². The zero-order valence-electron chi connectivity index (χ0n) is 13.6. The molecular formula is C17H18N2O5S. The molecule has 25 heavy (non-hydrogen) atoms. The van der Waals surface area contributed by atoms with E-state index in [1.165, 1.54) is 11.3 Å². The van der Waals surface area contributed by atoms with Crippen LogP contribution in [-0.2, 0) is 14.3 Å². The maximum absolute atomic E-state index is 11.7. The summed E-state index contributed by atoms with van der Waals surface area (Å²) in [5.74, 6) is -0.573. The molecule has 0 atom stereocenters. The number of ether oxygens (including phenoxy) is 2. The van der Waals surface area contributed by atoms with Crippen LogP contribution in [0, 0.1) is 0 Å². The van der Waals surface area contributed by atoms with Crippen molar-refractivity contribution in [3.8, 4) is 5.75 Å². The summed E-state index contributed by atoms with van der Waals surface area (Å²) in [6.45, 7) is -0.239. The largest absolute Gasteiger partial charge is 0.497 e. The highest BCUT2D eigenvalue weighted by molar-refractivity contribution is 7.08. The number of carbonyl (C=O) groups excluding carboxylic acids is 3. The summed E-state index contributed by atoms with van der Waals surface area (Å²) in [7, 11) is 1.55. The van der Waals surface area contributed by atoms with Crippen molar-refractivity contribution in [1.82, 2.24) is 5.32 Å². The maximum Gasteiger partial charge on any atom is 0.308 e. The zero-order valence-corrected chi connectivity index (χ0v) is 14.4. The first kappa shape index (κ1) is 18.5. The van der Waals surface area contributed by atoms with Crippen LogP contribution in [0.15, 0.2) is 41.1 Å². The van der Waals surface area contributed by atoms with E-state index >= 15 is 0 Å². The first-order valence-electron chi connectivity index (χ1n) is 7.48. The van der Waals surface area contributed by atoms with Gasteiger partial charge in [-0.15, -0.1) is 0 Å². The van der Waals surface area contributed by atoms with Gasteiger partial charge < -0.3 is 20.1 Å². The number of methoxy groups -OCH3 is 1. The van der Waals surface area contributed by atoms with Crippen molar-refractivity contribution < 1.29 is 23.9 Å². The molecule has 0 saturated heterocycles. The molecule has 2 amide bonds. The van der Waals surface area contributed by atoms with Gasteiger partial charge >= 0.3 is 5.97 Å². The topological polar surface area (TPSA) is 93.7 Å². The molecule has 0 spiro atoms. The number of nitrogens with one attached hydrogen (secondary N) is 2. The second-order valence-corrected chi connectivity index (χ2v) is 5.74. The number of anilines is 1. The van der Waals surface area contributed by atoms with Crippen molar-refractivity contribution in [2.45, 2.75) is 6.42 Å². The smallest absolute Gasteiger partial charge is 0.308 e. The van der Waals surface area contributed by atoms with Gasteiger partial charge in [-0.2, -0.15) is 11.3 Å². The lowest BCUT2D eigenvalue weighted by Crippen LogP contribution is -2.27. The fraction of sp³-hybridized carbons (Fsp3) is 0.235. The number of benzene rings is 1. The summed E-state index contributed by atoms with van der Waals surface area (Å²) in [6, 6.07) is 8.47. The number of hydrogen-bond acceptors (Lipinski definition) is 6. The van der Waals surface area contributed by atoms with Gasteiger partial charge in [-0.3, -0.25) is 14.4 Å². The average molecular weight is 362 g/mol. The fourth-order valence-corrected chi connectivity index (χ4v) is 2.50. The summed E-state index contributed by atoms with van der Waals surface area (Å²) in [5.41, 5.74) is 1.13. The summed E-state index contributed by atoms with van der Waals surface area (Å²) >= 11 is 1.42. The number of hydrogen-bond donors (Lipinski definition) is 2. The molecule has 132 valence electrons. The summed E-state index contributed by atoms with van der Waals surface area (Å²) in [5, 5.41) is 8.73. The predicted molar refractivity (Wildman–Crippen MR) is 93.9 cm³/mol. The Labute approximate surface area is 148 Å². The Morgan fingerprint density at radius 3 is 2.52 bits per heavy atom. The Morgan fingerprint density at radius 1 is 1.12 bits per heavy atom. The standard InChI is InChI=1S/C17H18N2O5S/c1-23-14-4-2-13(3-5-14)19-15(20)10-24-16(21)6-8-18-17(22)12-7-9-25-11-12/h2-5,7,9,11H,6,8,10H2,1H3,(H,18,22)(H,19,20). The van der Waals surface area contributed by atoms with Crippen LogP contribution in [0.4, 0.5) is 5.69 Å². The molecule has 1 aromatic heterocycles. The van der Waals surface area contributed by atoms with E-state index in [-0.39, 0.29) is 25.5 Å². The molecule has 0 aliphatic carbocycles. The number of amides is 2. The van der Waals surface area contributed by atoms with Crippen LogP contribution in [0.2, 0.25) is 0 Å². The van der Waals surface area contributed by atoms with Gasteiger partial charge in [-0.25, -0.2) is 0 Å². The fourth-order valence-electron chi connectivity index (χ4n) is 1.86. The molecule has 0 bridgehead atoms. The molecule has 2 N–H and O–H groups in total. The second-order valence-electron chi connectivity index (χ2n) is 4.96. The van der Waals surface area contributed by atoms with Crippen LogP contribution in [0.3, 0.4) is 0 Å². The normalized spacial score (nSPS) is 9.96. The van der Waals surface area contributed by atoms with Crippen LogP contribution in [-0.4, -0.2) is 38.0 Å². The van der Waals surface area contributed by atoms with Gasteiger partial charge in [0.1, 0.15) is 5.75 Å². The molecule has 0 fully saturated rings. The van der Waals surface area contributed by atoms with Crippen molar-refractivity contribution in [3.63, 3.8) is 0 Å². The van der Waals surface area contributed by atoms with E-state index in [2.05, 4.69) is 10.6 Å². The van der Waals surface area contributed by atoms with Crippen LogP contribution in [0.5, 0.6) is 5.75 Å². The highest BCUT2D eigenvalue weighted by Gasteiger charge is 2.10. The molecular weight excluding hydrogens is 344 g/mol. The number of thiophene rings is 1. The first-order chi connectivity index (χ1) is 12.1. The Bertz CT molecular complexity index is 713. The van der Waals surface area contributed by atoms with Crippen molar-refractivity contribution in [1.29, 1.82) is 0 Å². The third kappa shape index (κ3) is 6.27. The van der Waals surface area contributed by atoms with Crippen LogP contribution < -0.4 is 15.4 Å². The van der Waals surface area contributed by atoms with Gasteiger partial charge in [-0.05, 0) is 35.7 Å². The maximum atomic E-state index is 11.7. The Kier molecular flexibility index (Phi) is 6.97. The molecule has 7 nitrogen and oxygen atoms in total. The molecule has 1 heterocycles. The van der Waals surface area contributed by atoms with Crippen LogP contribution >= 0.6 is 11.3 Å². The van der Waals surface area contributed by atoms with Gasteiger partial charge in [0.25, 0.3) is 11.8 Å². The van der Waals surface area contributed by atoms with E-state index in [0.717, 1.165) is 0 Å². The minimum absolute atomic E-state index is 0.00824. The minimum atomic E-state index is -0.560. The average Bonchev–Trinajstić information content (AvgIpc) is 3.15. The number of rotatable bonds is 8. The molecule has 0 saturated carbocycles. The highest BCUT2D eigenvalue weighted by atomic mass is 32.1. The molecule has 0 aliphatic heterocycles. The molecule has 2 aromatic rings. The molecule has 0 unspecified atom stereocenters. The quantitative estimate of drug-likeness (QED) is 0.701. The van der Waals surface area contributed by atoms with Gasteiger partial charge in [0.2, 0.25) is 0 Å². The predicted octanol–water partition coefficient (Wildman–Crippen LogP) is 2.06. The molecule has 0 aliphatic rings. The Balaban J connectivity index is 1.63. The van der Waals surface area contributed by atoms with E-state index in [4.69, 9.17) is 9.47 Å². The van der Waals surface area contributed by atoms with Gasteiger partial charge in [0.05, 0.1) is 13.5 Å². The van der Waals surface area contributed by atoms with Crippen LogP contribution in [0.25, 0.3) is 0 Å². The number of esters is 1. The molecule has 2 rings (SSSR count). The summed E-state index contributed by atoms with van der Waals surface area (Å²) in [6.07, 6.45) is -0.00824. The zero-order chi connectivity index (χ0) is 18.1. The summed E-state index contributed by atoms with van der Waals surface area (Å²) in [4.78, 5) is 35.0. The lowest BCUT2D eigenvalue weighted by atomic mass is 10.3. The van der Waals surface area contributed by atoms with E-state index < -0.39 is 11.9 Å². The van der Waals surface area contributed by atoms with E-state index in [1.54, 1.807) is 48.2 Å². The van der Waals surface area contributed by atoms with Gasteiger partial charge in [0, 0.05) is 23.2 Å². The Hall–Kier alpha value is -2.87. The van der Waals surface area contributed by atoms with Crippen molar-refractivity contribution in [3.05, 3.63) is 46.7 Å². The molecule has 0 radical (unpaired) electrons. The first-order valence-corrected chi connectivity index (χ1v) is 8.42. The second kappa shape index (κ2) is 9.43. The van der Waals surface area contributed by atoms with E-state index in [0.29, 0.717) is 17.0 Å². The SMILES string of the molecule is COc1ccc(NC(=O)COC(=O)CCNC(=O)c2ccsc2)cc1. The minimum Gasteiger partial charge on any atom is -0.497 e. The summed E-state index contributed by atoms with van der Waals surface area (Å²) < 4.78 is 9.89. The van der Waals surface area contributed by atoms with Gasteiger partial charge in [-0.1, -0.05) is 0 Å². The monoisotopic (exact) mass is 362 g/mol. The van der Waals surface area contributed by atoms with Gasteiger partial charge in [0.15, 0.2) is 6.61 Å². The third-order valence-electron chi connectivity index (χ3n) is 3.14. The lowest BCUT2D eigenvalue weighted by molar-refractivity contribution is -0.147. The van der Waals surface area contributed by atoms with Crippen molar-refractivity contribution in [2.75, 3.05) is 25.6 Å². The van der Waals surface area contributed by atoms with E-state index in [1.807, 2.05) is 0 Å². The number of carbonyl (C=O) groups is 3. The van der Waals surface area contributed by atoms with E-state index in [9.17, 15) is 14.4 Å². The molecule has 8 heteroatoms. The lowest BCUT2D eigenvalue weighted by Gasteiger charge is -2.08. The molecule has 1 aromatic carbocycles.